The van der Waals surface area contributed by atoms with Gasteiger partial charge in [0.25, 0.3) is 11.1 Å². The lowest BCUT2D eigenvalue weighted by atomic mass is 10.2. The van der Waals surface area contributed by atoms with E-state index in [4.69, 9.17) is 0 Å². The number of hydrogen-bond acceptors (Lipinski definition) is 5. The first kappa shape index (κ1) is 18.8. The second-order valence-corrected chi connectivity index (χ2v) is 6.67. The maximum atomic E-state index is 12.8. The molecular formula is C16H13F3N4O3S. The Morgan fingerprint density at radius 1 is 1.33 bits per heavy atom. The van der Waals surface area contributed by atoms with E-state index >= 15 is 0 Å². The Balaban J connectivity index is 1.78. The minimum atomic E-state index is -4.80. The molecule has 0 saturated heterocycles. The number of nitrogens with zero attached hydrogens (tertiary/aromatic N) is 3. The first-order valence-electron chi connectivity index (χ1n) is 7.64. The van der Waals surface area contributed by atoms with E-state index in [0.717, 1.165) is 12.3 Å². The molecule has 0 aliphatic rings. The summed E-state index contributed by atoms with van der Waals surface area (Å²) >= 11 is 1.24. The van der Waals surface area contributed by atoms with E-state index in [2.05, 4.69) is 9.97 Å². The Kier molecular flexibility index (Phi) is 4.87. The second-order valence-electron chi connectivity index (χ2n) is 5.75. The number of amides is 1. The van der Waals surface area contributed by atoms with Crippen molar-refractivity contribution in [3.63, 3.8) is 0 Å². The van der Waals surface area contributed by atoms with Gasteiger partial charge in [-0.3, -0.25) is 14.4 Å². The second kappa shape index (κ2) is 6.99. The van der Waals surface area contributed by atoms with E-state index in [1.54, 1.807) is 11.4 Å². The molecule has 27 heavy (non-hydrogen) atoms. The van der Waals surface area contributed by atoms with Crippen molar-refractivity contribution in [2.75, 3.05) is 7.05 Å². The number of pyridine rings is 1. The van der Waals surface area contributed by atoms with Crippen molar-refractivity contribution in [2.24, 2.45) is 0 Å². The van der Waals surface area contributed by atoms with Crippen molar-refractivity contribution >= 4 is 27.5 Å². The van der Waals surface area contributed by atoms with Crippen molar-refractivity contribution in [1.82, 2.24) is 19.4 Å². The summed E-state index contributed by atoms with van der Waals surface area (Å²) < 4.78 is 39.6. The number of likely N-dealkylation sites (N-methyl/N-ethyl adjacent to an activating group) is 1. The minimum Gasteiger partial charge on any atom is -0.337 e. The molecule has 0 bridgehead atoms. The number of rotatable bonds is 4. The van der Waals surface area contributed by atoms with Gasteiger partial charge in [0.15, 0.2) is 0 Å². The normalized spacial score (nSPS) is 11.7. The summed E-state index contributed by atoms with van der Waals surface area (Å²) in [5.41, 5.74) is -2.47. The van der Waals surface area contributed by atoms with Crippen LogP contribution in [0.1, 0.15) is 11.4 Å². The zero-order valence-corrected chi connectivity index (χ0v) is 14.7. The molecule has 0 atom stereocenters. The predicted octanol–water partition coefficient (Wildman–Crippen LogP) is 1.82. The molecule has 1 N–H and O–H groups in total. The summed E-state index contributed by atoms with van der Waals surface area (Å²) in [6.07, 6.45) is -3.69. The van der Waals surface area contributed by atoms with Gasteiger partial charge in [-0.1, -0.05) is 0 Å². The maximum Gasteiger partial charge on any atom is 0.421 e. The summed E-state index contributed by atoms with van der Waals surface area (Å²) in [7, 11) is 1.40. The van der Waals surface area contributed by atoms with E-state index in [0.29, 0.717) is 20.9 Å². The number of H-pyrrole nitrogens is 1. The van der Waals surface area contributed by atoms with Crippen LogP contribution < -0.4 is 11.1 Å². The Labute approximate surface area is 153 Å². The van der Waals surface area contributed by atoms with E-state index in [9.17, 15) is 27.6 Å². The van der Waals surface area contributed by atoms with Crippen LogP contribution in [0.3, 0.4) is 0 Å². The first-order chi connectivity index (χ1) is 12.7. The third kappa shape index (κ3) is 3.92. The van der Waals surface area contributed by atoms with Crippen LogP contribution in [-0.4, -0.2) is 32.4 Å². The maximum absolute atomic E-state index is 12.8. The highest BCUT2D eigenvalue weighted by atomic mass is 32.1. The van der Waals surface area contributed by atoms with Gasteiger partial charge >= 0.3 is 6.18 Å². The van der Waals surface area contributed by atoms with Gasteiger partial charge in [0.05, 0.1) is 12.1 Å². The molecule has 1 amide bonds. The minimum absolute atomic E-state index is 0.0619. The number of alkyl halides is 3. The fourth-order valence-corrected chi connectivity index (χ4v) is 3.18. The molecule has 3 rings (SSSR count). The number of aromatic amines is 1. The van der Waals surface area contributed by atoms with Crippen LogP contribution in [0, 0.1) is 0 Å². The van der Waals surface area contributed by atoms with Crippen molar-refractivity contribution in [3.8, 4) is 0 Å². The van der Waals surface area contributed by atoms with E-state index < -0.39 is 29.8 Å². The van der Waals surface area contributed by atoms with Crippen molar-refractivity contribution in [1.29, 1.82) is 0 Å². The monoisotopic (exact) mass is 398 g/mol. The standard InChI is InChI=1S/C16H13F3N4O3S/c1-22(7-11-20-10-4-6-27-13(10)14(25)21-11)12(24)8-23-5-2-3-9(15(23)26)16(17,18)19/h2-6H,7-8H2,1H3,(H,20,21,25). The van der Waals surface area contributed by atoms with Crippen LogP contribution >= 0.6 is 11.3 Å². The number of carbonyl (C=O) groups is 1. The number of nitrogens with one attached hydrogen (secondary N) is 1. The van der Waals surface area contributed by atoms with Gasteiger partial charge in [-0.2, -0.15) is 13.2 Å². The number of thiophene rings is 1. The molecule has 0 fully saturated rings. The molecule has 0 aromatic carbocycles. The summed E-state index contributed by atoms with van der Waals surface area (Å²) in [5.74, 6) is -0.373. The van der Waals surface area contributed by atoms with Crippen molar-refractivity contribution in [2.45, 2.75) is 19.3 Å². The number of aromatic nitrogens is 3. The van der Waals surface area contributed by atoms with E-state index in [1.807, 2.05) is 0 Å². The van der Waals surface area contributed by atoms with Crippen molar-refractivity contribution in [3.05, 3.63) is 61.9 Å². The average Bonchev–Trinajstić information content (AvgIpc) is 3.04. The SMILES string of the molecule is CN(Cc1nc2ccsc2c(=O)[nH]1)C(=O)Cn1cccc(C(F)(F)F)c1=O. The summed E-state index contributed by atoms with van der Waals surface area (Å²) in [6, 6.07) is 3.39. The molecule has 0 radical (unpaired) electrons. The van der Waals surface area contributed by atoms with Gasteiger partial charge in [0.2, 0.25) is 5.91 Å². The van der Waals surface area contributed by atoms with Crippen LogP contribution in [0.15, 0.2) is 39.4 Å². The van der Waals surface area contributed by atoms with Gasteiger partial charge in [-0.15, -0.1) is 11.3 Å². The lowest BCUT2D eigenvalue weighted by molar-refractivity contribution is -0.139. The fourth-order valence-electron chi connectivity index (χ4n) is 2.45. The van der Waals surface area contributed by atoms with Gasteiger partial charge in [0.1, 0.15) is 22.6 Å². The Morgan fingerprint density at radius 2 is 2.07 bits per heavy atom. The molecule has 0 spiro atoms. The summed E-state index contributed by atoms with van der Waals surface area (Å²) in [6.45, 7) is -0.627. The van der Waals surface area contributed by atoms with Gasteiger partial charge in [-0.05, 0) is 23.6 Å². The highest BCUT2D eigenvalue weighted by molar-refractivity contribution is 7.17. The molecule has 142 valence electrons. The molecule has 0 unspecified atom stereocenters. The average molecular weight is 398 g/mol. The fraction of sp³-hybridized carbons (Fsp3) is 0.250. The molecule has 0 saturated carbocycles. The van der Waals surface area contributed by atoms with Crippen LogP contribution in [0.5, 0.6) is 0 Å². The number of hydrogen-bond donors (Lipinski definition) is 1. The molecule has 0 aliphatic carbocycles. The van der Waals surface area contributed by atoms with Gasteiger partial charge in [-0.25, -0.2) is 4.98 Å². The van der Waals surface area contributed by atoms with Crippen LogP contribution in [-0.2, 0) is 24.1 Å². The Bertz CT molecular complexity index is 1120. The molecule has 3 heterocycles. The summed E-state index contributed by atoms with van der Waals surface area (Å²) in [4.78, 5) is 44.1. The molecule has 0 aliphatic heterocycles. The number of fused-ring (bicyclic) bond motifs is 1. The Morgan fingerprint density at radius 3 is 2.78 bits per heavy atom. The van der Waals surface area contributed by atoms with Gasteiger partial charge < -0.3 is 14.5 Å². The van der Waals surface area contributed by atoms with E-state index in [-0.39, 0.29) is 17.9 Å². The Hall–Kier alpha value is -2.95. The molecular weight excluding hydrogens is 385 g/mol. The highest BCUT2D eigenvalue weighted by Crippen LogP contribution is 2.26. The lowest BCUT2D eigenvalue weighted by Crippen LogP contribution is -2.36. The van der Waals surface area contributed by atoms with Crippen LogP contribution in [0.25, 0.3) is 10.2 Å². The molecule has 3 aromatic rings. The van der Waals surface area contributed by atoms with Crippen LogP contribution in [0.4, 0.5) is 13.2 Å². The third-order valence-electron chi connectivity index (χ3n) is 3.81. The van der Waals surface area contributed by atoms with Crippen LogP contribution in [0.2, 0.25) is 0 Å². The quantitative estimate of drug-likeness (QED) is 0.726. The van der Waals surface area contributed by atoms with Crippen molar-refractivity contribution < 1.29 is 18.0 Å². The number of halogens is 3. The lowest BCUT2D eigenvalue weighted by Gasteiger charge is -2.17. The molecule has 7 nitrogen and oxygen atoms in total. The highest BCUT2D eigenvalue weighted by Gasteiger charge is 2.34. The van der Waals surface area contributed by atoms with Gasteiger partial charge in [0, 0.05) is 13.2 Å². The first-order valence-corrected chi connectivity index (χ1v) is 8.52. The molecule has 3 aromatic heterocycles. The zero-order chi connectivity index (χ0) is 19.8. The third-order valence-corrected chi connectivity index (χ3v) is 4.71. The number of carbonyl (C=O) groups excluding carboxylic acids is 1. The summed E-state index contributed by atoms with van der Waals surface area (Å²) in [5, 5.41) is 1.71. The molecule has 11 heteroatoms. The predicted molar refractivity (Wildman–Crippen MR) is 92.4 cm³/mol. The van der Waals surface area contributed by atoms with E-state index in [1.165, 1.54) is 23.3 Å². The zero-order valence-electron chi connectivity index (χ0n) is 13.9. The largest absolute Gasteiger partial charge is 0.421 e. The smallest absolute Gasteiger partial charge is 0.337 e. The topological polar surface area (TPSA) is 88.1 Å².